The molecule has 4 rings (SSSR count). The zero-order valence-corrected chi connectivity index (χ0v) is 14.7. The summed E-state index contributed by atoms with van der Waals surface area (Å²) in [7, 11) is 0. The molecule has 2 heterocycles. The third kappa shape index (κ3) is 5.33. The van der Waals surface area contributed by atoms with E-state index in [9.17, 15) is 4.79 Å². The first-order valence-corrected chi connectivity index (χ1v) is 9.59. The van der Waals surface area contributed by atoms with Crippen LogP contribution in [0.25, 0.3) is 0 Å². The molecule has 1 atom stereocenters. The van der Waals surface area contributed by atoms with Crippen molar-refractivity contribution in [2.75, 3.05) is 26.2 Å². The van der Waals surface area contributed by atoms with Gasteiger partial charge in [-0.3, -0.25) is 0 Å². The smallest absolute Gasteiger partial charge is 0.315 e. The second kappa shape index (κ2) is 7.60. The maximum atomic E-state index is 12.1. The van der Waals surface area contributed by atoms with Gasteiger partial charge in [-0.25, -0.2) is 9.78 Å². The second-order valence-electron chi connectivity index (χ2n) is 7.77. The Morgan fingerprint density at radius 1 is 1.24 bits per heavy atom. The largest absolute Gasteiger partial charge is 0.477 e. The highest BCUT2D eigenvalue weighted by Gasteiger charge is 2.29. The molecule has 1 aliphatic heterocycles. The van der Waals surface area contributed by atoms with Gasteiger partial charge in [0.1, 0.15) is 0 Å². The summed E-state index contributed by atoms with van der Waals surface area (Å²) in [5, 5.41) is 6.04. The number of nitrogens with one attached hydrogen (secondary N) is 2. The molecule has 2 saturated carbocycles. The highest BCUT2D eigenvalue weighted by atomic mass is 16.5. The van der Waals surface area contributed by atoms with Gasteiger partial charge in [-0.05, 0) is 55.6 Å². The molecule has 3 aliphatic rings. The molecule has 0 radical (unpaired) electrons. The maximum absolute atomic E-state index is 12.1. The SMILES string of the molecule is O=C(NCc1ccnc(OCC2CC2)c1)N[C@H]1CCN(CC2CC2)C1. The number of aromatic nitrogens is 1. The molecule has 6 heteroatoms. The van der Waals surface area contributed by atoms with E-state index < -0.39 is 0 Å². The Labute approximate surface area is 149 Å². The van der Waals surface area contributed by atoms with Crippen molar-refractivity contribution < 1.29 is 9.53 Å². The minimum atomic E-state index is -0.0875. The van der Waals surface area contributed by atoms with Gasteiger partial charge in [0.2, 0.25) is 5.88 Å². The van der Waals surface area contributed by atoms with Crippen LogP contribution in [0.2, 0.25) is 0 Å². The van der Waals surface area contributed by atoms with Gasteiger partial charge in [0.15, 0.2) is 0 Å². The van der Waals surface area contributed by atoms with Crippen molar-refractivity contribution in [3.8, 4) is 5.88 Å². The van der Waals surface area contributed by atoms with E-state index >= 15 is 0 Å². The first-order chi connectivity index (χ1) is 12.2. The summed E-state index contributed by atoms with van der Waals surface area (Å²) in [6.45, 7) is 4.54. The lowest BCUT2D eigenvalue weighted by Crippen LogP contribution is -2.43. The lowest BCUT2D eigenvalue weighted by Gasteiger charge is -2.16. The molecule has 3 fully saturated rings. The maximum Gasteiger partial charge on any atom is 0.315 e. The molecule has 6 nitrogen and oxygen atoms in total. The van der Waals surface area contributed by atoms with Gasteiger partial charge in [-0.1, -0.05) is 0 Å². The second-order valence-corrected chi connectivity index (χ2v) is 7.77. The number of urea groups is 1. The highest BCUT2D eigenvalue weighted by Crippen LogP contribution is 2.31. The Hall–Kier alpha value is -1.82. The van der Waals surface area contributed by atoms with E-state index in [-0.39, 0.29) is 12.1 Å². The molecular weight excluding hydrogens is 316 g/mol. The Bertz CT molecular complexity index is 601. The third-order valence-corrected chi connectivity index (χ3v) is 5.24. The van der Waals surface area contributed by atoms with E-state index in [0.717, 1.165) is 37.6 Å². The fourth-order valence-corrected chi connectivity index (χ4v) is 3.33. The molecule has 0 spiro atoms. The Kier molecular flexibility index (Phi) is 5.06. The number of rotatable bonds is 8. The number of ether oxygens (including phenoxy) is 1. The lowest BCUT2D eigenvalue weighted by molar-refractivity contribution is 0.235. The molecule has 0 bridgehead atoms. The summed E-state index contributed by atoms with van der Waals surface area (Å²) in [4.78, 5) is 18.8. The summed E-state index contributed by atoms with van der Waals surface area (Å²) < 4.78 is 5.69. The van der Waals surface area contributed by atoms with Crippen LogP contribution in [-0.4, -0.2) is 48.2 Å². The molecule has 1 aromatic heterocycles. The van der Waals surface area contributed by atoms with Crippen LogP contribution in [0.3, 0.4) is 0 Å². The van der Waals surface area contributed by atoms with Crippen LogP contribution in [0.1, 0.15) is 37.7 Å². The number of amides is 2. The Morgan fingerprint density at radius 2 is 2.08 bits per heavy atom. The van der Waals surface area contributed by atoms with Crippen LogP contribution in [0, 0.1) is 11.8 Å². The topological polar surface area (TPSA) is 66.5 Å². The average molecular weight is 344 g/mol. The minimum Gasteiger partial charge on any atom is -0.477 e. The van der Waals surface area contributed by atoms with Crippen molar-refractivity contribution in [1.82, 2.24) is 20.5 Å². The van der Waals surface area contributed by atoms with Crippen LogP contribution in [-0.2, 0) is 6.54 Å². The van der Waals surface area contributed by atoms with E-state index in [0.29, 0.717) is 18.3 Å². The van der Waals surface area contributed by atoms with Crippen LogP contribution < -0.4 is 15.4 Å². The normalized spacial score (nSPS) is 23.4. The van der Waals surface area contributed by atoms with Crippen LogP contribution in [0.15, 0.2) is 18.3 Å². The summed E-state index contributed by atoms with van der Waals surface area (Å²) in [5.74, 6) is 2.27. The fraction of sp³-hybridized carbons (Fsp3) is 0.684. The van der Waals surface area contributed by atoms with Gasteiger partial charge in [0.25, 0.3) is 0 Å². The minimum absolute atomic E-state index is 0.0875. The number of carbonyl (C=O) groups is 1. The summed E-state index contributed by atoms with van der Waals surface area (Å²) in [6, 6.07) is 4.01. The Balaban J connectivity index is 1.17. The van der Waals surface area contributed by atoms with Crippen LogP contribution in [0.4, 0.5) is 4.79 Å². The summed E-state index contributed by atoms with van der Waals surface area (Å²) >= 11 is 0. The van der Waals surface area contributed by atoms with E-state index in [1.54, 1.807) is 6.20 Å². The molecule has 1 aromatic rings. The standard InChI is InChI=1S/C19H28N4O2/c24-19(22-17-6-8-23(12-17)11-14-1-2-14)21-10-16-5-7-20-18(9-16)25-13-15-3-4-15/h5,7,9,14-15,17H,1-4,6,8,10-13H2,(H2,21,22,24)/t17-/m0/s1. The van der Waals surface area contributed by atoms with Gasteiger partial charge >= 0.3 is 6.03 Å². The van der Waals surface area contributed by atoms with Crippen molar-refractivity contribution in [1.29, 1.82) is 0 Å². The van der Waals surface area contributed by atoms with Gasteiger partial charge in [0.05, 0.1) is 6.61 Å². The lowest BCUT2D eigenvalue weighted by atomic mass is 10.2. The van der Waals surface area contributed by atoms with Gasteiger partial charge < -0.3 is 20.3 Å². The van der Waals surface area contributed by atoms with Crippen molar-refractivity contribution in [2.24, 2.45) is 11.8 Å². The zero-order valence-electron chi connectivity index (χ0n) is 14.7. The van der Waals surface area contributed by atoms with Crippen molar-refractivity contribution in [3.05, 3.63) is 23.9 Å². The fourth-order valence-electron chi connectivity index (χ4n) is 3.33. The van der Waals surface area contributed by atoms with Gasteiger partial charge in [-0.15, -0.1) is 0 Å². The number of likely N-dealkylation sites (tertiary alicyclic amines) is 1. The number of hydrogen-bond acceptors (Lipinski definition) is 4. The van der Waals surface area contributed by atoms with Crippen molar-refractivity contribution >= 4 is 6.03 Å². The molecule has 2 aliphatic carbocycles. The predicted molar refractivity (Wildman–Crippen MR) is 95.4 cm³/mol. The van der Waals surface area contributed by atoms with Crippen LogP contribution in [0.5, 0.6) is 5.88 Å². The third-order valence-electron chi connectivity index (χ3n) is 5.24. The zero-order chi connectivity index (χ0) is 17.1. The molecule has 1 saturated heterocycles. The van der Waals surface area contributed by atoms with Gasteiger partial charge in [-0.2, -0.15) is 0 Å². The van der Waals surface area contributed by atoms with E-state index in [1.807, 2.05) is 12.1 Å². The number of pyridine rings is 1. The predicted octanol–water partition coefficient (Wildman–Crippen LogP) is 2.15. The summed E-state index contributed by atoms with van der Waals surface area (Å²) in [6.07, 6.45) is 8.08. The first kappa shape index (κ1) is 16.6. The molecule has 2 N–H and O–H groups in total. The van der Waals surface area contributed by atoms with E-state index in [4.69, 9.17) is 4.74 Å². The molecule has 2 amide bonds. The number of hydrogen-bond donors (Lipinski definition) is 2. The number of carbonyl (C=O) groups excluding carboxylic acids is 1. The molecule has 0 unspecified atom stereocenters. The molecule has 0 aromatic carbocycles. The van der Waals surface area contributed by atoms with Crippen molar-refractivity contribution in [2.45, 2.75) is 44.7 Å². The first-order valence-electron chi connectivity index (χ1n) is 9.59. The monoisotopic (exact) mass is 344 g/mol. The van der Waals surface area contributed by atoms with Crippen molar-refractivity contribution in [3.63, 3.8) is 0 Å². The van der Waals surface area contributed by atoms with Gasteiger partial charge in [0, 0.05) is 44.5 Å². The highest BCUT2D eigenvalue weighted by molar-refractivity contribution is 5.74. The molecule has 136 valence electrons. The molecule has 25 heavy (non-hydrogen) atoms. The van der Waals surface area contributed by atoms with E-state index in [2.05, 4.69) is 20.5 Å². The quantitative estimate of drug-likeness (QED) is 0.758. The van der Waals surface area contributed by atoms with Crippen LogP contribution >= 0.6 is 0 Å². The summed E-state index contributed by atoms with van der Waals surface area (Å²) in [5.41, 5.74) is 1.01. The Morgan fingerprint density at radius 3 is 2.88 bits per heavy atom. The van der Waals surface area contributed by atoms with E-state index in [1.165, 1.54) is 32.2 Å². The average Bonchev–Trinajstić information content (AvgIpc) is 3.53. The molecular formula is C19H28N4O2. The number of nitrogens with zero attached hydrogens (tertiary/aromatic N) is 2.